The third-order valence-electron chi connectivity index (χ3n) is 4.46. The molecule has 3 atom stereocenters. The zero-order valence-corrected chi connectivity index (χ0v) is 15.6. The number of sulfone groups is 1. The van der Waals surface area contributed by atoms with Gasteiger partial charge in [-0.3, -0.25) is 0 Å². The minimum absolute atomic E-state index is 0.0475. The third kappa shape index (κ3) is 5.14. The van der Waals surface area contributed by atoms with Gasteiger partial charge in [0.15, 0.2) is 9.84 Å². The van der Waals surface area contributed by atoms with E-state index in [1.54, 1.807) is 0 Å². The van der Waals surface area contributed by atoms with Crippen molar-refractivity contribution in [3.8, 4) is 0 Å². The molecule has 1 fully saturated rings. The number of hydrogen-bond donors (Lipinski definition) is 0. The van der Waals surface area contributed by atoms with Gasteiger partial charge in [-0.15, -0.1) is 0 Å². The molecule has 1 aliphatic heterocycles. The standard InChI is InChI=1S/C20H24O5S/c1-23-18-14-26(21,22)15-19(24-12-16-8-4-2-5-9-16)20(18)25-13-17-10-6-3-7-11-17/h2-11,18-20H,12-15H2,1H3/t18-,19-,20+/m1/s1. The topological polar surface area (TPSA) is 61.8 Å². The van der Waals surface area contributed by atoms with Crippen molar-refractivity contribution in [1.82, 2.24) is 0 Å². The molecular formula is C20H24O5S. The summed E-state index contributed by atoms with van der Waals surface area (Å²) in [6, 6.07) is 19.5. The van der Waals surface area contributed by atoms with E-state index >= 15 is 0 Å². The van der Waals surface area contributed by atoms with Crippen LogP contribution < -0.4 is 0 Å². The van der Waals surface area contributed by atoms with Gasteiger partial charge in [-0.1, -0.05) is 60.7 Å². The van der Waals surface area contributed by atoms with Gasteiger partial charge in [0.2, 0.25) is 0 Å². The van der Waals surface area contributed by atoms with Crippen LogP contribution in [0.15, 0.2) is 60.7 Å². The number of rotatable bonds is 7. The van der Waals surface area contributed by atoms with E-state index in [9.17, 15) is 8.42 Å². The maximum Gasteiger partial charge on any atom is 0.155 e. The van der Waals surface area contributed by atoms with Crippen molar-refractivity contribution in [3.63, 3.8) is 0 Å². The van der Waals surface area contributed by atoms with Crippen LogP contribution >= 0.6 is 0 Å². The van der Waals surface area contributed by atoms with E-state index in [1.165, 1.54) is 7.11 Å². The predicted molar refractivity (Wildman–Crippen MR) is 99.5 cm³/mol. The summed E-state index contributed by atoms with van der Waals surface area (Å²) in [5.74, 6) is -0.104. The molecule has 0 spiro atoms. The molecule has 0 unspecified atom stereocenters. The summed E-state index contributed by atoms with van der Waals surface area (Å²) in [7, 11) is -1.73. The number of hydrogen-bond acceptors (Lipinski definition) is 5. The first-order valence-electron chi connectivity index (χ1n) is 8.62. The number of methoxy groups -OCH3 is 1. The van der Waals surface area contributed by atoms with Gasteiger partial charge in [0.1, 0.15) is 12.2 Å². The second-order valence-corrected chi connectivity index (χ2v) is 8.60. The van der Waals surface area contributed by atoms with Crippen LogP contribution in [0.4, 0.5) is 0 Å². The van der Waals surface area contributed by atoms with E-state index in [2.05, 4.69) is 0 Å². The molecule has 5 nitrogen and oxygen atoms in total. The monoisotopic (exact) mass is 376 g/mol. The minimum Gasteiger partial charge on any atom is -0.378 e. The van der Waals surface area contributed by atoms with Gasteiger partial charge >= 0.3 is 0 Å². The highest BCUT2D eigenvalue weighted by Gasteiger charge is 2.42. The summed E-state index contributed by atoms with van der Waals surface area (Å²) in [5.41, 5.74) is 2.02. The molecule has 0 amide bonds. The smallest absolute Gasteiger partial charge is 0.155 e. The van der Waals surface area contributed by atoms with E-state index in [0.29, 0.717) is 13.2 Å². The zero-order chi connectivity index (χ0) is 18.4. The van der Waals surface area contributed by atoms with Crippen LogP contribution in [0.1, 0.15) is 11.1 Å². The Labute approximate surface area is 154 Å². The fourth-order valence-corrected chi connectivity index (χ4v) is 4.85. The van der Waals surface area contributed by atoms with Gasteiger partial charge in [-0.05, 0) is 11.1 Å². The molecule has 2 aromatic carbocycles. The summed E-state index contributed by atoms with van der Waals surface area (Å²) < 4.78 is 41.9. The van der Waals surface area contributed by atoms with Crippen molar-refractivity contribution in [2.75, 3.05) is 18.6 Å². The van der Waals surface area contributed by atoms with Gasteiger partial charge < -0.3 is 14.2 Å². The van der Waals surface area contributed by atoms with Gasteiger partial charge in [-0.25, -0.2) is 8.42 Å². The van der Waals surface area contributed by atoms with Crippen molar-refractivity contribution >= 4 is 9.84 Å². The SMILES string of the molecule is CO[C@@H]1CS(=O)(=O)C[C@@H](OCc2ccccc2)[C@H]1OCc1ccccc1. The van der Waals surface area contributed by atoms with Crippen molar-refractivity contribution in [2.45, 2.75) is 31.5 Å². The first kappa shape index (κ1) is 19.0. The van der Waals surface area contributed by atoms with Gasteiger partial charge in [-0.2, -0.15) is 0 Å². The van der Waals surface area contributed by atoms with Gasteiger partial charge in [0.05, 0.1) is 30.8 Å². The van der Waals surface area contributed by atoms with Crippen molar-refractivity contribution in [1.29, 1.82) is 0 Å². The molecule has 2 aromatic rings. The van der Waals surface area contributed by atoms with Crippen molar-refractivity contribution in [3.05, 3.63) is 71.8 Å². The lowest BCUT2D eigenvalue weighted by Crippen LogP contribution is -2.53. The summed E-state index contributed by atoms with van der Waals surface area (Å²) in [4.78, 5) is 0. The molecule has 0 saturated carbocycles. The molecule has 1 heterocycles. The molecule has 26 heavy (non-hydrogen) atoms. The number of ether oxygens (including phenoxy) is 3. The maximum absolute atomic E-state index is 12.2. The summed E-state index contributed by atoms with van der Waals surface area (Å²) in [5, 5.41) is 0. The van der Waals surface area contributed by atoms with E-state index in [1.807, 2.05) is 60.7 Å². The van der Waals surface area contributed by atoms with E-state index < -0.39 is 28.1 Å². The first-order valence-corrected chi connectivity index (χ1v) is 10.4. The van der Waals surface area contributed by atoms with E-state index in [0.717, 1.165) is 11.1 Å². The Bertz CT molecular complexity index is 776. The fraction of sp³-hybridized carbons (Fsp3) is 0.400. The zero-order valence-electron chi connectivity index (χ0n) is 14.8. The lowest BCUT2D eigenvalue weighted by molar-refractivity contribution is -0.131. The summed E-state index contributed by atoms with van der Waals surface area (Å²) >= 11 is 0. The van der Waals surface area contributed by atoms with Crippen LogP contribution in [0.25, 0.3) is 0 Å². The minimum atomic E-state index is -3.24. The average Bonchev–Trinajstić information content (AvgIpc) is 2.66. The second kappa shape index (κ2) is 8.77. The first-order chi connectivity index (χ1) is 12.6. The van der Waals surface area contributed by atoms with Crippen LogP contribution in [-0.2, 0) is 37.3 Å². The molecule has 140 valence electrons. The third-order valence-corrected chi connectivity index (χ3v) is 6.14. The van der Waals surface area contributed by atoms with Crippen LogP contribution in [0.5, 0.6) is 0 Å². The molecule has 0 N–H and O–H groups in total. The lowest BCUT2D eigenvalue weighted by Gasteiger charge is -2.36. The fourth-order valence-electron chi connectivity index (χ4n) is 3.10. The highest BCUT2D eigenvalue weighted by Crippen LogP contribution is 2.24. The number of benzene rings is 2. The molecule has 0 radical (unpaired) electrons. The largest absolute Gasteiger partial charge is 0.378 e. The molecule has 0 bridgehead atoms. The Hall–Kier alpha value is -1.73. The maximum atomic E-state index is 12.2. The molecule has 6 heteroatoms. The predicted octanol–water partition coefficient (Wildman–Crippen LogP) is 2.60. The molecule has 1 saturated heterocycles. The Balaban J connectivity index is 1.71. The van der Waals surface area contributed by atoms with Crippen LogP contribution in [0.3, 0.4) is 0 Å². The molecule has 1 aliphatic rings. The van der Waals surface area contributed by atoms with E-state index in [4.69, 9.17) is 14.2 Å². The molecular weight excluding hydrogens is 352 g/mol. The molecule has 0 aromatic heterocycles. The quantitative estimate of drug-likeness (QED) is 0.743. The Kier molecular flexibility index (Phi) is 6.43. The van der Waals surface area contributed by atoms with Crippen LogP contribution in [0, 0.1) is 0 Å². The Morgan fingerprint density at radius 3 is 1.85 bits per heavy atom. The van der Waals surface area contributed by atoms with Crippen LogP contribution in [0.2, 0.25) is 0 Å². The average molecular weight is 376 g/mol. The normalized spacial score (nSPS) is 25.0. The van der Waals surface area contributed by atoms with Crippen LogP contribution in [-0.4, -0.2) is 45.3 Å². The highest BCUT2D eigenvalue weighted by atomic mass is 32.2. The Morgan fingerprint density at radius 1 is 0.808 bits per heavy atom. The van der Waals surface area contributed by atoms with E-state index in [-0.39, 0.29) is 11.5 Å². The summed E-state index contributed by atoms with van der Waals surface area (Å²) in [6.07, 6.45) is -1.55. The van der Waals surface area contributed by atoms with Crippen molar-refractivity contribution < 1.29 is 22.6 Å². The lowest BCUT2D eigenvalue weighted by atomic mass is 10.1. The van der Waals surface area contributed by atoms with Gasteiger partial charge in [0.25, 0.3) is 0 Å². The highest BCUT2D eigenvalue weighted by molar-refractivity contribution is 7.91. The summed E-state index contributed by atoms with van der Waals surface area (Å²) in [6.45, 7) is 0.721. The second-order valence-electron chi connectivity index (χ2n) is 6.45. The van der Waals surface area contributed by atoms with Crippen molar-refractivity contribution in [2.24, 2.45) is 0 Å². The Morgan fingerprint density at radius 2 is 1.31 bits per heavy atom. The van der Waals surface area contributed by atoms with Gasteiger partial charge in [0, 0.05) is 7.11 Å². The molecule has 3 rings (SSSR count). The molecule has 0 aliphatic carbocycles.